The first-order chi connectivity index (χ1) is 9.70. The van der Waals surface area contributed by atoms with Gasteiger partial charge in [-0.3, -0.25) is 4.68 Å². The van der Waals surface area contributed by atoms with Crippen LogP contribution in [0.1, 0.15) is 24.7 Å². The first-order valence-corrected chi connectivity index (χ1v) is 7.01. The summed E-state index contributed by atoms with van der Waals surface area (Å²) in [6.45, 7) is 8.64. The Balaban J connectivity index is 1.91. The van der Waals surface area contributed by atoms with E-state index < -0.39 is 0 Å². The summed E-state index contributed by atoms with van der Waals surface area (Å²) >= 11 is 0. The van der Waals surface area contributed by atoms with Gasteiger partial charge in [0, 0.05) is 37.6 Å². The molecule has 2 aromatic rings. The van der Waals surface area contributed by atoms with E-state index in [0.29, 0.717) is 0 Å². The lowest BCUT2D eigenvalue weighted by atomic mass is 10.3. The third-order valence-electron chi connectivity index (χ3n) is 3.02. The molecular weight excluding hydrogens is 252 g/mol. The molecule has 0 aliphatic heterocycles. The zero-order valence-corrected chi connectivity index (χ0v) is 12.3. The molecule has 20 heavy (non-hydrogen) atoms. The number of hydrogen-bond donors (Lipinski definition) is 2. The van der Waals surface area contributed by atoms with Gasteiger partial charge >= 0.3 is 0 Å². The van der Waals surface area contributed by atoms with Crippen molar-refractivity contribution >= 4 is 11.6 Å². The molecule has 0 saturated heterocycles. The average molecular weight is 274 g/mol. The highest BCUT2D eigenvalue weighted by molar-refractivity contribution is 5.57. The Labute approximate surface area is 119 Å². The monoisotopic (exact) mass is 274 g/mol. The standard InChI is InChI=1S/C14H22N6/c1-4-15-13-11(2)14(19-12(3)18-13)16-7-5-9-20-10-6-8-17-20/h6,8,10H,4-5,7,9H2,1-3H3,(H2,15,16,18,19). The summed E-state index contributed by atoms with van der Waals surface area (Å²) in [5.41, 5.74) is 1.07. The van der Waals surface area contributed by atoms with Crippen molar-refractivity contribution in [3.05, 3.63) is 29.8 Å². The van der Waals surface area contributed by atoms with Gasteiger partial charge in [-0.25, -0.2) is 9.97 Å². The molecule has 6 nitrogen and oxygen atoms in total. The molecule has 0 unspecified atom stereocenters. The van der Waals surface area contributed by atoms with Crippen molar-refractivity contribution in [1.82, 2.24) is 19.7 Å². The molecule has 0 spiro atoms. The Morgan fingerprint density at radius 2 is 1.90 bits per heavy atom. The highest BCUT2D eigenvalue weighted by Gasteiger charge is 2.07. The Kier molecular flexibility index (Phi) is 4.92. The van der Waals surface area contributed by atoms with Gasteiger partial charge in [-0.15, -0.1) is 0 Å². The topological polar surface area (TPSA) is 67.7 Å². The van der Waals surface area contributed by atoms with Crippen molar-refractivity contribution in [1.29, 1.82) is 0 Å². The minimum atomic E-state index is 0.779. The van der Waals surface area contributed by atoms with Crippen LogP contribution in [0, 0.1) is 13.8 Å². The van der Waals surface area contributed by atoms with Crippen LogP contribution in [0.25, 0.3) is 0 Å². The molecule has 0 amide bonds. The van der Waals surface area contributed by atoms with Crippen molar-refractivity contribution < 1.29 is 0 Å². The lowest BCUT2D eigenvalue weighted by molar-refractivity contribution is 0.591. The molecule has 2 aromatic heterocycles. The van der Waals surface area contributed by atoms with Crippen LogP contribution in [-0.4, -0.2) is 32.8 Å². The Hall–Kier alpha value is -2.11. The van der Waals surface area contributed by atoms with Crippen molar-refractivity contribution in [2.45, 2.75) is 33.7 Å². The number of hydrogen-bond acceptors (Lipinski definition) is 5. The third kappa shape index (κ3) is 3.69. The summed E-state index contributed by atoms with van der Waals surface area (Å²) in [6, 6.07) is 1.94. The highest BCUT2D eigenvalue weighted by Crippen LogP contribution is 2.19. The molecule has 2 heterocycles. The SMILES string of the molecule is CCNc1nc(C)nc(NCCCn2cccn2)c1C. The first kappa shape index (κ1) is 14.3. The van der Waals surface area contributed by atoms with E-state index in [-0.39, 0.29) is 0 Å². The minimum absolute atomic E-state index is 0.779. The molecule has 2 rings (SSSR count). The van der Waals surface area contributed by atoms with Gasteiger partial charge in [0.1, 0.15) is 17.5 Å². The zero-order chi connectivity index (χ0) is 14.4. The van der Waals surface area contributed by atoms with E-state index in [1.54, 1.807) is 6.20 Å². The van der Waals surface area contributed by atoms with E-state index in [1.807, 2.05) is 30.8 Å². The fourth-order valence-electron chi connectivity index (χ4n) is 2.02. The molecule has 6 heteroatoms. The molecule has 0 saturated carbocycles. The summed E-state index contributed by atoms with van der Waals surface area (Å²) < 4.78 is 1.93. The van der Waals surface area contributed by atoms with Gasteiger partial charge in [-0.1, -0.05) is 0 Å². The fourth-order valence-corrected chi connectivity index (χ4v) is 2.02. The van der Waals surface area contributed by atoms with Gasteiger partial charge in [0.05, 0.1) is 0 Å². The third-order valence-corrected chi connectivity index (χ3v) is 3.02. The van der Waals surface area contributed by atoms with Crippen molar-refractivity contribution in [3.63, 3.8) is 0 Å². The van der Waals surface area contributed by atoms with Crippen LogP contribution in [0.5, 0.6) is 0 Å². The summed E-state index contributed by atoms with van der Waals surface area (Å²) in [5.74, 6) is 2.60. The highest BCUT2D eigenvalue weighted by atomic mass is 15.3. The molecule has 0 fully saturated rings. The number of nitrogens with one attached hydrogen (secondary N) is 2. The van der Waals surface area contributed by atoms with Crippen LogP contribution in [0.2, 0.25) is 0 Å². The number of nitrogens with zero attached hydrogens (tertiary/aromatic N) is 4. The maximum Gasteiger partial charge on any atom is 0.134 e. The van der Waals surface area contributed by atoms with Crippen LogP contribution < -0.4 is 10.6 Å². The molecule has 0 aliphatic carbocycles. The second kappa shape index (κ2) is 6.88. The van der Waals surface area contributed by atoms with Crippen LogP contribution in [0.15, 0.2) is 18.5 Å². The van der Waals surface area contributed by atoms with E-state index in [9.17, 15) is 0 Å². The molecule has 2 N–H and O–H groups in total. The van der Waals surface area contributed by atoms with Crippen LogP contribution >= 0.6 is 0 Å². The predicted octanol–water partition coefficient (Wildman–Crippen LogP) is 2.22. The normalized spacial score (nSPS) is 10.6. The lowest BCUT2D eigenvalue weighted by Crippen LogP contribution is -2.12. The fraction of sp³-hybridized carbons (Fsp3) is 0.500. The molecule has 0 aliphatic rings. The predicted molar refractivity (Wildman–Crippen MR) is 81.0 cm³/mol. The average Bonchev–Trinajstić information content (AvgIpc) is 2.93. The summed E-state index contributed by atoms with van der Waals surface area (Å²) in [4.78, 5) is 8.88. The van der Waals surface area contributed by atoms with Gasteiger partial charge in [0.25, 0.3) is 0 Å². The molecule has 0 bridgehead atoms. The Morgan fingerprint density at radius 3 is 2.55 bits per heavy atom. The Bertz CT molecular complexity index is 535. The smallest absolute Gasteiger partial charge is 0.134 e. The zero-order valence-electron chi connectivity index (χ0n) is 12.3. The molecule has 0 atom stereocenters. The number of rotatable bonds is 7. The van der Waals surface area contributed by atoms with Crippen LogP contribution in [0.4, 0.5) is 11.6 Å². The minimum Gasteiger partial charge on any atom is -0.370 e. The summed E-state index contributed by atoms with van der Waals surface area (Å²) in [6.07, 6.45) is 4.78. The largest absolute Gasteiger partial charge is 0.370 e. The van der Waals surface area contributed by atoms with Gasteiger partial charge in [0.15, 0.2) is 0 Å². The van der Waals surface area contributed by atoms with Crippen LogP contribution in [-0.2, 0) is 6.54 Å². The van der Waals surface area contributed by atoms with E-state index in [0.717, 1.165) is 49.1 Å². The molecule has 0 radical (unpaired) electrons. The maximum atomic E-state index is 4.47. The van der Waals surface area contributed by atoms with Crippen molar-refractivity contribution in [2.24, 2.45) is 0 Å². The van der Waals surface area contributed by atoms with Gasteiger partial charge in [-0.2, -0.15) is 5.10 Å². The lowest BCUT2D eigenvalue weighted by Gasteiger charge is -2.13. The summed E-state index contributed by atoms with van der Waals surface area (Å²) in [5, 5.41) is 10.8. The molecule has 0 aromatic carbocycles. The first-order valence-electron chi connectivity index (χ1n) is 7.01. The molecule has 108 valence electrons. The number of aryl methyl sites for hydroxylation is 2. The van der Waals surface area contributed by atoms with Crippen LogP contribution in [0.3, 0.4) is 0 Å². The van der Waals surface area contributed by atoms with E-state index in [4.69, 9.17) is 0 Å². The summed E-state index contributed by atoms with van der Waals surface area (Å²) in [7, 11) is 0. The van der Waals surface area contributed by atoms with Gasteiger partial charge in [0.2, 0.25) is 0 Å². The number of aromatic nitrogens is 4. The Morgan fingerprint density at radius 1 is 1.15 bits per heavy atom. The van der Waals surface area contributed by atoms with Gasteiger partial charge in [-0.05, 0) is 33.3 Å². The van der Waals surface area contributed by atoms with E-state index in [2.05, 4.69) is 32.6 Å². The quantitative estimate of drug-likeness (QED) is 0.758. The van der Waals surface area contributed by atoms with Gasteiger partial charge < -0.3 is 10.6 Å². The number of anilines is 2. The second-order valence-electron chi connectivity index (χ2n) is 4.67. The van der Waals surface area contributed by atoms with Crippen molar-refractivity contribution in [2.75, 3.05) is 23.7 Å². The van der Waals surface area contributed by atoms with Crippen molar-refractivity contribution in [3.8, 4) is 0 Å². The maximum absolute atomic E-state index is 4.47. The van der Waals surface area contributed by atoms with E-state index in [1.165, 1.54) is 0 Å². The second-order valence-corrected chi connectivity index (χ2v) is 4.67. The molecular formula is C14H22N6. The van der Waals surface area contributed by atoms with E-state index >= 15 is 0 Å².